The van der Waals surface area contributed by atoms with E-state index in [1.807, 2.05) is 13.8 Å². The highest BCUT2D eigenvalue weighted by atomic mass is 32.2. The fourth-order valence-corrected chi connectivity index (χ4v) is 1.60. The van der Waals surface area contributed by atoms with E-state index in [9.17, 15) is 0 Å². The van der Waals surface area contributed by atoms with Crippen molar-refractivity contribution in [3.63, 3.8) is 0 Å². The average molecular weight is 219 g/mol. The largest absolute Gasteiger partial charge is 0.396 e. The Morgan fingerprint density at radius 3 is 2.79 bits per heavy atom. The maximum Gasteiger partial charge on any atom is 0.188 e. The summed E-state index contributed by atoms with van der Waals surface area (Å²) in [6, 6.07) is 0.334. The van der Waals surface area contributed by atoms with Gasteiger partial charge in [-0.05, 0) is 26.0 Å². The van der Waals surface area contributed by atoms with E-state index in [1.165, 1.54) is 0 Å². The number of rotatable bonds is 7. The first-order valence-electron chi connectivity index (χ1n) is 4.92. The van der Waals surface area contributed by atoms with Gasteiger partial charge in [0.25, 0.3) is 0 Å². The van der Waals surface area contributed by atoms with Crippen molar-refractivity contribution in [2.45, 2.75) is 26.3 Å². The molecule has 0 amide bonds. The first-order chi connectivity index (χ1) is 6.66. The zero-order valence-electron chi connectivity index (χ0n) is 8.99. The number of nitrogens with zero attached hydrogens (tertiary/aromatic N) is 1. The maximum absolute atomic E-state index is 8.54. The van der Waals surface area contributed by atoms with Gasteiger partial charge in [0, 0.05) is 18.4 Å². The molecule has 0 aliphatic rings. The third-order valence-corrected chi connectivity index (χ3v) is 2.45. The van der Waals surface area contributed by atoms with Gasteiger partial charge < -0.3 is 16.2 Å². The van der Waals surface area contributed by atoms with Gasteiger partial charge in [0.05, 0.1) is 6.54 Å². The third kappa shape index (κ3) is 9.67. The van der Waals surface area contributed by atoms with Crippen molar-refractivity contribution in [1.82, 2.24) is 5.32 Å². The molecule has 0 saturated heterocycles. The fourth-order valence-electron chi connectivity index (χ4n) is 0.841. The number of thioether (sulfide) groups is 1. The van der Waals surface area contributed by atoms with Gasteiger partial charge >= 0.3 is 0 Å². The number of nitrogens with one attached hydrogen (secondary N) is 1. The minimum atomic E-state index is 0.271. The lowest BCUT2D eigenvalue weighted by atomic mass is 10.4. The molecule has 14 heavy (non-hydrogen) atoms. The van der Waals surface area contributed by atoms with Crippen LogP contribution < -0.4 is 11.1 Å². The predicted molar refractivity (Wildman–Crippen MR) is 63.8 cm³/mol. The molecule has 5 heteroatoms. The molecule has 0 rings (SSSR count). The second-order valence-corrected chi connectivity index (χ2v) is 4.48. The molecule has 0 aromatic carbocycles. The molecule has 4 nitrogen and oxygen atoms in total. The molecular weight excluding hydrogens is 198 g/mol. The minimum absolute atomic E-state index is 0.271. The second kappa shape index (κ2) is 9.15. The molecule has 0 bridgehead atoms. The number of aliphatic imine (C=N–C) groups is 1. The summed E-state index contributed by atoms with van der Waals surface area (Å²) in [5, 5.41) is 11.6. The molecule has 0 aromatic rings. The summed E-state index contributed by atoms with van der Waals surface area (Å²) in [6.45, 7) is 5.06. The van der Waals surface area contributed by atoms with Gasteiger partial charge in [-0.25, -0.2) is 0 Å². The summed E-state index contributed by atoms with van der Waals surface area (Å²) in [6.07, 6.45) is 0.855. The van der Waals surface area contributed by atoms with Crippen LogP contribution in [0.1, 0.15) is 20.3 Å². The first-order valence-corrected chi connectivity index (χ1v) is 6.07. The van der Waals surface area contributed by atoms with E-state index in [0.717, 1.165) is 24.5 Å². The van der Waals surface area contributed by atoms with E-state index in [4.69, 9.17) is 10.8 Å². The van der Waals surface area contributed by atoms with Crippen molar-refractivity contribution in [2.75, 3.05) is 24.7 Å². The van der Waals surface area contributed by atoms with Crippen molar-refractivity contribution in [3.05, 3.63) is 0 Å². The summed E-state index contributed by atoms with van der Waals surface area (Å²) in [5.74, 6) is 2.46. The maximum atomic E-state index is 8.54. The molecule has 4 N–H and O–H groups in total. The molecule has 0 aliphatic carbocycles. The molecule has 0 spiro atoms. The van der Waals surface area contributed by atoms with Crippen LogP contribution in [0, 0.1) is 0 Å². The minimum Gasteiger partial charge on any atom is -0.396 e. The Morgan fingerprint density at radius 1 is 1.50 bits per heavy atom. The Labute approximate surface area is 90.4 Å². The van der Waals surface area contributed by atoms with Crippen molar-refractivity contribution in [2.24, 2.45) is 10.7 Å². The van der Waals surface area contributed by atoms with Crippen molar-refractivity contribution >= 4 is 17.7 Å². The number of hydrogen-bond donors (Lipinski definition) is 3. The van der Waals surface area contributed by atoms with Gasteiger partial charge in [0.15, 0.2) is 5.96 Å². The van der Waals surface area contributed by atoms with E-state index < -0.39 is 0 Å². The molecule has 0 fully saturated rings. The summed E-state index contributed by atoms with van der Waals surface area (Å²) < 4.78 is 0. The second-order valence-electron chi connectivity index (χ2n) is 3.26. The predicted octanol–water partition coefficient (Wildman–Crippen LogP) is 0.415. The number of guanidine groups is 1. The monoisotopic (exact) mass is 219 g/mol. The number of hydrogen-bond acceptors (Lipinski definition) is 3. The van der Waals surface area contributed by atoms with Crippen molar-refractivity contribution < 1.29 is 5.11 Å². The Kier molecular flexibility index (Phi) is 8.87. The lowest BCUT2D eigenvalue weighted by molar-refractivity contribution is 0.296. The molecule has 0 radical (unpaired) electrons. The van der Waals surface area contributed by atoms with E-state index >= 15 is 0 Å². The number of nitrogens with two attached hydrogens (primary N) is 1. The van der Waals surface area contributed by atoms with Crippen molar-refractivity contribution in [3.8, 4) is 0 Å². The van der Waals surface area contributed by atoms with Crippen LogP contribution in [-0.2, 0) is 0 Å². The van der Waals surface area contributed by atoms with E-state index in [1.54, 1.807) is 11.8 Å². The number of aliphatic hydroxyl groups is 1. The van der Waals surface area contributed by atoms with Crippen LogP contribution in [-0.4, -0.2) is 41.8 Å². The highest BCUT2D eigenvalue weighted by Crippen LogP contribution is 2.00. The zero-order chi connectivity index (χ0) is 10.8. The van der Waals surface area contributed by atoms with Crippen LogP contribution in [0.3, 0.4) is 0 Å². The smallest absolute Gasteiger partial charge is 0.188 e. The lowest BCUT2D eigenvalue weighted by Crippen LogP contribution is -2.36. The standard InChI is InChI=1S/C9H21N3OS/c1-8(2)12-9(10)11-4-7-14-6-3-5-13/h8,13H,3-7H2,1-2H3,(H3,10,11,12). The van der Waals surface area contributed by atoms with Gasteiger partial charge in [0.1, 0.15) is 0 Å². The number of aliphatic hydroxyl groups excluding tert-OH is 1. The van der Waals surface area contributed by atoms with Crippen LogP contribution in [0.25, 0.3) is 0 Å². The Balaban J connectivity index is 3.32. The first kappa shape index (κ1) is 13.6. The van der Waals surface area contributed by atoms with Crippen LogP contribution >= 0.6 is 11.8 Å². The van der Waals surface area contributed by atoms with Gasteiger partial charge in [-0.1, -0.05) is 0 Å². The van der Waals surface area contributed by atoms with Gasteiger partial charge in [0.2, 0.25) is 0 Å². The Hall–Kier alpha value is -0.420. The van der Waals surface area contributed by atoms with Gasteiger partial charge in [-0.15, -0.1) is 0 Å². The summed E-state index contributed by atoms with van der Waals surface area (Å²) >= 11 is 1.79. The van der Waals surface area contributed by atoms with E-state index in [-0.39, 0.29) is 6.61 Å². The van der Waals surface area contributed by atoms with Gasteiger partial charge in [-0.3, -0.25) is 4.99 Å². The zero-order valence-corrected chi connectivity index (χ0v) is 9.81. The highest BCUT2D eigenvalue weighted by Gasteiger charge is 1.94. The summed E-state index contributed by atoms with van der Waals surface area (Å²) in [7, 11) is 0. The molecule has 0 unspecified atom stereocenters. The highest BCUT2D eigenvalue weighted by molar-refractivity contribution is 7.99. The molecule has 84 valence electrons. The van der Waals surface area contributed by atoms with Crippen molar-refractivity contribution in [1.29, 1.82) is 0 Å². The molecule has 0 atom stereocenters. The van der Waals surface area contributed by atoms with Gasteiger partial charge in [-0.2, -0.15) is 11.8 Å². The van der Waals surface area contributed by atoms with Crippen LogP contribution in [0.4, 0.5) is 0 Å². The fraction of sp³-hybridized carbons (Fsp3) is 0.889. The van der Waals surface area contributed by atoms with E-state index in [2.05, 4.69) is 10.3 Å². The SMILES string of the molecule is CC(C)NC(N)=NCCSCCCO. The quantitative estimate of drug-likeness (QED) is 0.330. The topological polar surface area (TPSA) is 70.6 Å². The Morgan fingerprint density at radius 2 is 2.21 bits per heavy atom. The molecule has 0 aliphatic heterocycles. The third-order valence-electron chi connectivity index (χ3n) is 1.40. The molecule has 0 saturated carbocycles. The molecule has 0 aromatic heterocycles. The Bertz CT molecular complexity index is 162. The van der Waals surface area contributed by atoms with Crippen LogP contribution in [0.2, 0.25) is 0 Å². The van der Waals surface area contributed by atoms with Crippen LogP contribution in [0.15, 0.2) is 4.99 Å². The average Bonchev–Trinajstić information content (AvgIpc) is 2.10. The normalized spacial score (nSPS) is 12.1. The summed E-state index contributed by atoms with van der Waals surface area (Å²) in [4.78, 5) is 4.16. The van der Waals surface area contributed by atoms with E-state index in [0.29, 0.717) is 12.0 Å². The van der Waals surface area contributed by atoms with Crippen LogP contribution in [0.5, 0.6) is 0 Å². The molecule has 0 heterocycles. The molecular formula is C9H21N3OS. The summed E-state index contributed by atoms with van der Waals surface area (Å²) in [5.41, 5.74) is 5.61. The lowest BCUT2D eigenvalue weighted by Gasteiger charge is -2.08.